The van der Waals surface area contributed by atoms with Gasteiger partial charge in [0.25, 0.3) is 11.7 Å². The highest BCUT2D eigenvalue weighted by Crippen LogP contribution is 2.40. The summed E-state index contributed by atoms with van der Waals surface area (Å²) in [5, 5.41) is 19.9. The molecule has 1 atom stereocenters. The number of aliphatic hydroxyl groups is 2. The number of nitrogens with zero attached hydrogens (tertiary/aromatic N) is 1. The molecule has 1 saturated heterocycles. The Morgan fingerprint density at radius 1 is 1.14 bits per heavy atom. The predicted octanol–water partition coefficient (Wildman–Crippen LogP) is 2.78. The van der Waals surface area contributed by atoms with Crippen LogP contribution in [0.2, 0.25) is 0 Å². The predicted molar refractivity (Wildman–Crippen MR) is 100 cm³/mol. The zero-order valence-corrected chi connectivity index (χ0v) is 15.6. The third kappa shape index (κ3) is 3.71. The minimum absolute atomic E-state index is 0.0140. The minimum atomic E-state index is -1.20. The van der Waals surface area contributed by atoms with Gasteiger partial charge in [0.2, 0.25) is 0 Å². The van der Waals surface area contributed by atoms with E-state index in [1.807, 2.05) is 0 Å². The molecule has 1 aliphatic heterocycles. The number of aliphatic hydroxyl groups excluding tert-OH is 2. The average Bonchev–Trinajstić information content (AvgIpc) is 2.96. The van der Waals surface area contributed by atoms with Gasteiger partial charge in [-0.1, -0.05) is 18.2 Å². The number of carbonyl (C=O) groups excluding carboxylic acids is 2. The number of Topliss-reactive ketones (excluding diaryl/α,β-unsaturated/α-hetero) is 1. The van der Waals surface area contributed by atoms with E-state index in [4.69, 9.17) is 9.84 Å². The molecule has 0 aliphatic carbocycles. The summed E-state index contributed by atoms with van der Waals surface area (Å²) in [4.78, 5) is 26.3. The van der Waals surface area contributed by atoms with Crippen LogP contribution < -0.4 is 4.74 Å². The molecule has 2 aromatic carbocycles. The van der Waals surface area contributed by atoms with Gasteiger partial charge in [-0.25, -0.2) is 8.78 Å². The molecular weight excluding hydrogens is 384 g/mol. The van der Waals surface area contributed by atoms with E-state index in [0.29, 0.717) is 0 Å². The number of hydrogen-bond donors (Lipinski definition) is 2. The van der Waals surface area contributed by atoms with Crippen LogP contribution in [0, 0.1) is 11.6 Å². The van der Waals surface area contributed by atoms with Gasteiger partial charge in [0.05, 0.1) is 18.7 Å². The molecule has 6 nitrogen and oxygen atoms in total. The fourth-order valence-electron chi connectivity index (χ4n) is 3.34. The highest BCUT2D eigenvalue weighted by molar-refractivity contribution is 6.46. The SMILES string of the molecule is COc1ccc(C(O)=C2C(=O)C(=O)N(CCCO)[C@@H]2c2ccccc2F)cc1F. The number of methoxy groups -OCH3 is 1. The molecule has 152 valence electrons. The average molecular weight is 403 g/mol. The monoisotopic (exact) mass is 403 g/mol. The second kappa shape index (κ2) is 8.40. The number of rotatable bonds is 6. The maximum absolute atomic E-state index is 14.5. The summed E-state index contributed by atoms with van der Waals surface area (Å²) in [6, 6.07) is 7.94. The van der Waals surface area contributed by atoms with Gasteiger partial charge in [0, 0.05) is 24.3 Å². The van der Waals surface area contributed by atoms with Crippen molar-refractivity contribution in [2.75, 3.05) is 20.3 Å². The topological polar surface area (TPSA) is 87.1 Å². The van der Waals surface area contributed by atoms with Crippen LogP contribution in [0.25, 0.3) is 5.76 Å². The fraction of sp³-hybridized carbons (Fsp3) is 0.238. The van der Waals surface area contributed by atoms with Crippen LogP contribution in [-0.4, -0.2) is 47.1 Å². The number of ketones is 1. The van der Waals surface area contributed by atoms with E-state index in [9.17, 15) is 23.5 Å². The summed E-state index contributed by atoms with van der Waals surface area (Å²) in [5.41, 5.74) is -0.382. The second-order valence-corrected chi connectivity index (χ2v) is 6.44. The maximum atomic E-state index is 14.5. The summed E-state index contributed by atoms with van der Waals surface area (Å²) < 4.78 is 33.4. The van der Waals surface area contributed by atoms with Gasteiger partial charge in [0.1, 0.15) is 11.6 Å². The van der Waals surface area contributed by atoms with Crippen LogP contribution in [0.4, 0.5) is 8.78 Å². The highest BCUT2D eigenvalue weighted by Gasteiger charge is 2.46. The van der Waals surface area contributed by atoms with Crippen molar-refractivity contribution in [3.8, 4) is 5.75 Å². The molecule has 0 aromatic heterocycles. The van der Waals surface area contributed by atoms with Gasteiger partial charge in [-0.05, 0) is 30.7 Å². The number of benzene rings is 2. The van der Waals surface area contributed by atoms with Crippen molar-refractivity contribution in [2.24, 2.45) is 0 Å². The lowest BCUT2D eigenvalue weighted by Gasteiger charge is -2.25. The quantitative estimate of drug-likeness (QED) is 0.440. The van der Waals surface area contributed by atoms with E-state index in [1.165, 1.54) is 43.5 Å². The molecule has 1 heterocycles. The largest absolute Gasteiger partial charge is 0.507 e. The standard InChI is InChI=1S/C21H19F2NO5/c1-29-16-8-7-12(11-15(16)23)19(26)17-18(13-5-2-3-6-14(13)22)24(9-4-10-25)21(28)20(17)27/h2-3,5-8,11,18,25-26H,4,9-10H2,1H3/t18-/m1/s1. The third-order valence-electron chi connectivity index (χ3n) is 4.72. The Hall–Kier alpha value is -3.26. The van der Waals surface area contributed by atoms with E-state index < -0.39 is 35.1 Å². The first-order chi connectivity index (χ1) is 13.9. The molecule has 1 aliphatic rings. The first-order valence-electron chi connectivity index (χ1n) is 8.88. The van der Waals surface area contributed by atoms with Crippen molar-refractivity contribution < 1.29 is 33.3 Å². The Morgan fingerprint density at radius 3 is 2.48 bits per heavy atom. The van der Waals surface area contributed by atoms with Gasteiger partial charge in [-0.3, -0.25) is 9.59 Å². The first kappa shape index (κ1) is 20.5. The number of hydrogen-bond acceptors (Lipinski definition) is 5. The molecule has 0 saturated carbocycles. The van der Waals surface area contributed by atoms with Crippen molar-refractivity contribution >= 4 is 17.4 Å². The molecule has 0 bridgehead atoms. The second-order valence-electron chi connectivity index (χ2n) is 6.44. The van der Waals surface area contributed by atoms with Crippen molar-refractivity contribution in [1.29, 1.82) is 0 Å². The molecule has 3 rings (SSSR count). The maximum Gasteiger partial charge on any atom is 0.295 e. The van der Waals surface area contributed by atoms with E-state index in [1.54, 1.807) is 0 Å². The Balaban J connectivity index is 2.19. The molecule has 2 N–H and O–H groups in total. The van der Waals surface area contributed by atoms with Crippen LogP contribution in [0.1, 0.15) is 23.6 Å². The summed E-state index contributed by atoms with van der Waals surface area (Å²) in [6.07, 6.45) is 0.162. The summed E-state index contributed by atoms with van der Waals surface area (Å²) in [6.45, 7) is -0.259. The molecule has 0 unspecified atom stereocenters. The number of ether oxygens (including phenoxy) is 1. The molecule has 29 heavy (non-hydrogen) atoms. The van der Waals surface area contributed by atoms with Crippen molar-refractivity contribution in [3.63, 3.8) is 0 Å². The van der Waals surface area contributed by atoms with Crippen LogP contribution in [0.5, 0.6) is 5.75 Å². The third-order valence-corrected chi connectivity index (χ3v) is 4.72. The highest BCUT2D eigenvalue weighted by atomic mass is 19.1. The van der Waals surface area contributed by atoms with Crippen LogP contribution in [0.15, 0.2) is 48.0 Å². The Morgan fingerprint density at radius 2 is 1.86 bits per heavy atom. The van der Waals surface area contributed by atoms with Gasteiger partial charge in [0.15, 0.2) is 11.6 Å². The number of amides is 1. The lowest BCUT2D eigenvalue weighted by atomic mass is 9.95. The molecule has 8 heteroatoms. The Bertz CT molecular complexity index is 989. The fourth-order valence-corrected chi connectivity index (χ4v) is 3.34. The first-order valence-corrected chi connectivity index (χ1v) is 8.88. The summed E-state index contributed by atoms with van der Waals surface area (Å²) in [5.74, 6) is -4.05. The van der Waals surface area contributed by atoms with Crippen molar-refractivity contribution in [3.05, 3.63) is 70.8 Å². The minimum Gasteiger partial charge on any atom is -0.507 e. The van der Waals surface area contributed by atoms with Gasteiger partial charge in [-0.15, -0.1) is 0 Å². The lowest BCUT2D eigenvalue weighted by Crippen LogP contribution is -2.31. The van der Waals surface area contributed by atoms with Gasteiger partial charge < -0.3 is 19.8 Å². The smallest absolute Gasteiger partial charge is 0.295 e. The van der Waals surface area contributed by atoms with E-state index >= 15 is 0 Å². The molecular formula is C21H19F2NO5. The van der Waals surface area contributed by atoms with E-state index in [-0.39, 0.29) is 42.0 Å². The number of likely N-dealkylation sites (tertiary alicyclic amines) is 1. The molecule has 0 radical (unpaired) electrons. The zero-order valence-electron chi connectivity index (χ0n) is 15.6. The van der Waals surface area contributed by atoms with Crippen LogP contribution in [0.3, 0.4) is 0 Å². The van der Waals surface area contributed by atoms with Crippen LogP contribution >= 0.6 is 0 Å². The summed E-state index contributed by atoms with van der Waals surface area (Å²) >= 11 is 0. The number of halogens is 2. The van der Waals surface area contributed by atoms with E-state index in [0.717, 1.165) is 11.0 Å². The van der Waals surface area contributed by atoms with E-state index in [2.05, 4.69) is 0 Å². The number of carbonyl (C=O) groups is 2. The lowest BCUT2D eigenvalue weighted by molar-refractivity contribution is -0.140. The molecule has 2 aromatic rings. The zero-order chi connectivity index (χ0) is 21.1. The van der Waals surface area contributed by atoms with Gasteiger partial charge >= 0.3 is 0 Å². The summed E-state index contributed by atoms with van der Waals surface area (Å²) in [7, 11) is 1.28. The molecule has 1 amide bonds. The van der Waals surface area contributed by atoms with Crippen LogP contribution in [-0.2, 0) is 9.59 Å². The van der Waals surface area contributed by atoms with Crippen molar-refractivity contribution in [2.45, 2.75) is 12.5 Å². The van der Waals surface area contributed by atoms with Crippen molar-refractivity contribution in [1.82, 2.24) is 4.90 Å². The Labute approximate surface area is 165 Å². The molecule has 1 fully saturated rings. The Kier molecular flexibility index (Phi) is 5.93. The van der Waals surface area contributed by atoms with Gasteiger partial charge in [-0.2, -0.15) is 0 Å². The molecule has 0 spiro atoms. The normalized spacial score (nSPS) is 18.3.